The molecule has 0 aliphatic carbocycles. The Hall–Kier alpha value is -1.30. The Kier molecular flexibility index (Phi) is 4.06. The molecule has 7 heteroatoms. The predicted octanol–water partition coefficient (Wildman–Crippen LogP) is 3.16. The number of halogens is 2. The number of hydrogen-bond donors (Lipinski definition) is 2. The van der Waals surface area contributed by atoms with Crippen molar-refractivity contribution < 1.29 is 4.79 Å². The summed E-state index contributed by atoms with van der Waals surface area (Å²) in [4.78, 5) is 16.1. The second-order valence-electron chi connectivity index (χ2n) is 3.48. The van der Waals surface area contributed by atoms with Crippen molar-refractivity contribution in [3.8, 4) is 0 Å². The van der Waals surface area contributed by atoms with Crippen LogP contribution in [0.5, 0.6) is 0 Å². The molecule has 94 valence electrons. The van der Waals surface area contributed by atoms with Gasteiger partial charge in [-0.25, -0.2) is 4.98 Å². The lowest BCUT2D eigenvalue weighted by atomic mass is 10.2. The standard InChI is InChI=1S/C11H9Cl2N3OS/c12-8-3-6(10(14)17)4-15-11(8)16-5-7-1-2-9(13)18-7/h1-4H,5H2,(H2,14,17)(H,15,16). The lowest BCUT2D eigenvalue weighted by Gasteiger charge is -2.06. The molecule has 2 rings (SSSR count). The number of aromatic nitrogens is 1. The molecule has 2 heterocycles. The smallest absolute Gasteiger partial charge is 0.250 e. The third kappa shape index (κ3) is 3.13. The van der Waals surface area contributed by atoms with Crippen molar-refractivity contribution in [2.45, 2.75) is 6.54 Å². The van der Waals surface area contributed by atoms with Crippen molar-refractivity contribution >= 4 is 46.3 Å². The van der Waals surface area contributed by atoms with E-state index in [0.717, 1.165) is 9.21 Å². The molecule has 3 N–H and O–H groups in total. The van der Waals surface area contributed by atoms with Crippen molar-refractivity contribution in [2.24, 2.45) is 5.73 Å². The fourth-order valence-corrected chi connectivity index (χ4v) is 2.58. The van der Waals surface area contributed by atoms with Gasteiger partial charge in [-0.15, -0.1) is 11.3 Å². The van der Waals surface area contributed by atoms with Crippen LogP contribution in [-0.4, -0.2) is 10.9 Å². The summed E-state index contributed by atoms with van der Waals surface area (Å²) in [5, 5.41) is 3.42. The average Bonchev–Trinajstić information content (AvgIpc) is 2.73. The predicted molar refractivity (Wildman–Crippen MR) is 74.4 cm³/mol. The van der Waals surface area contributed by atoms with E-state index < -0.39 is 5.91 Å². The summed E-state index contributed by atoms with van der Waals surface area (Å²) in [5.41, 5.74) is 5.41. The van der Waals surface area contributed by atoms with E-state index in [4.69, 9.17) is 28.9 Å². The van der Waals surface area contributed by atoms with Crippen LogP contribution in [0.25, 0.3) is 0 Å². The van der Waals surface area contributed by atoms with Gasteiger partial charge in [-0.3, -0.25) is 4.79 Å². The third-order valence-corrected chi connectivity index (χ3v) is 3.70. The number of amides is 1. The molecule has 0 atom stereocenters. The lowest BCUT2D eigenvalue weighted by molar-refractivity contribution is 0.1000. The fourth-order valence-electron chi connectivity index (χ4n) is 1.32. The van der Waals surface area contributed by atoms with Crippen LogP contribution in [0.4, 0.5) is 5.82 Å². The second-order valence-corrected chi connectivity index (χ2v) is 5.68. The van der Waals surface area contributed by atoms with Crippen LogP contribution >= 0.6 is 34.5 Å². The van der Waals surface area contributed by atoms with Gasteiger partial charge in [0, 0.05) is 11.1 Å². The van der Waals surface area contributed by atoms with Crippen molar-refractivity contribution in [2.75, 3.05) is 5.32 Å². The molecular formula is C11H9Cl2N3OS. The monoisotopic (exact) mass is 301 g/mol. The number of pyridine rings is 1. The maximum Gasteiger partial charge on any atom is 0.250 e. The highest BCUT2D eigenvalue weighted by Crippen LogP contribution is 2.24. The fraction of sp³-hybridized carbons (Fsp3) is 0.0909. The Morgan fingerprint density at radius 1 is 1.44 bits per heavy atom. The summed E-state index contributed by atoms with van der Waals surface area (Å²) in [6, 6.07) is 5.24. The minimum absolute atomic E-state index is 0.282. The highest BCUT2D eigenvalue weighted by atomic mass is 35.5. The molecule has 18 heavy (non-hydrogen) atoms. The van der Waals surface area contributed by atoms with Crippen LogP contribution in [0.3, 0.4) is 0 Å². The van der Waals surface area contributed by atoms with E-state index in [9.17, 15) is 4.79 Å². The molecule has 0 spiro atoms. The van der Waals surface area contributed by atoms with Crippen molar-refractivity contribution in [1.82, 2.24) is 4.98 Å². The van der Waals surface area contributed by atoms with E-state index in [1.54, 1.807) is 0 Å². The van der Waals surface area contributed by atoms with Crippen LogP contribution < -0.4 is 11.1 Å². The molecular weight excluding hydrogens is 293 g/mol. The van der Waals surface area contributed by atoms with Gasteiger partial charge < -0.3 is 11.1 Å². The maximum absolute atomic E-state index is 10.9. The summed E-state index contributed by atoms with van der Waals surface area (Å²) in [7, 11) is 0. The SMILES string of the molecule is NC(=O)c1cnc(NCc2ccc(Cl)s2)c(Cl)c1. The van der Waals surface area contributed by atoms with Crippen molar-refractivity contribution in [3.63, 3.8) is 0 Å². The first-order valence-corrected chi connectivity index (χ1v) is 6.57. The molecule has 2 aromatic heterocycles. The largest absolute Gasteiger partial charge is 0.366 e. The Morgan fingerprint density at radius 3 is 2.78 bits per heavy atom. The molecule has 0 saturated carbocycles. The lowest BCUT2D eigenvalue weighted by Crippen LogP contribution is -2.12. The number of primary amides is 1. The molecule has 0 fully saturated rings. The van der Waals surface area contributed by atoms with Crippen LogP contribution in [0, 0.1) is 0 Å². The number of thiophene rings is 1. The maximum atomic E-state index is 10.9. The zero-order valence-electron chi connectivity index (χ0n) is 9.11. The topological polar surface area (TPSA) is 68.0 Å². The number of nitrogens with two attached hydrogens (primary N) is 1. The van der Waals surface area contributed by atoms with Crippen molar-refractivity contribution in [3.05, 3.63) is 44.2 Å². The van der Waals surface area contributed by atoms with E-state index in [0.29, 0.717) is 17.4 Å². The van der Waals surface area contributed by atoms with Gasteiger partial charge in [0.1, 0.15) is 5.82 Å². The number of nitrogens with zero attached hydrogens (tertiary/aromatic N) is 1. The Balaban J connectivity index is 2.08. The van der Waals surface area contributed by atoms with Gasteiger partial charge in [-0.2, -0.15) is 0 Å². The summed E-state index contributed by atoms with van der Waals surface area (Å²) in [5.74, 6) is -0.0489. The highest BCUT2D eigenvalue weighted by Gasteiger charge is 2.07. The van der Waals surface area contributed by atoms with Gasteiger partial charge in [0.15, 0.2) is 0 Å². The quantitative estimate of drug-likeness (QED) is 0.911. The first-order valence-electron chi connectivity index (χ1n) is 4.99. The van der Waals surface area contributed by atoms with Gasteiger partial charge in [0.05, 0.1) is 21.5 Å². The Morgan fingerprint density at radius 2 is 2.22 bits per heavy atom. The van der Waals surface area contributed by atoms with Crippen LogP contribution in [0.2, 0.25) is 9.36 Å². The summed E-state index contributed by atoms with van der Waals surface area (Å²) in [6.45, 7) is 0.569. The minimum Gasteiger partial charge on any atom is -0.366 e. The van der Waals surface area contributed by atoms with E-state index in [1.807, 2.05) is 12.1 Å². The number of hydrogen-bond acceptors (Lipinski definition) is 4. The minimum atomic E-state index is -0.555. The van der Waals surface area contributed by atoms with Crippen molar-refractivity contribution in [1.29, 1.82) is 0 Å². The average molecular weight is 302 g/mol. The molecule has 1 amide bonds. The van der Waals surface area contributed by atoms with Gasteiger partial charge in [-0.05, 0) is 18.2 Å². The molecule has 0 saturated heterocycles. The number of nitrogens with one attached hydrogen (secondary N) is 1. The van der Waals surface area contributed by atoms with E-state index in [-0.39, 0.29) is 5.56 Å². The molecule has 2 aromatic rings. The zero-order chi connectivity index (χ0) is 13.1. The summed E-state index contributed by atoms with van der Waals surface area (Å²) < 4.78 is 0.731. The van der Waals surface area contributed by atoms with Crippen LogP contribution in [0.15, 0.2) is 24.4 Å². The van der Waals surface area contributed by atoms with E-state index in [1.165, 1.54) is 23.6 Å². The first-order chi connectivity index (χ1) is 8.56. The molecule has 0 bridgehead atoms. The van der Waals surface area contributed by atoms with Gasteiger partial charge >= 0.3 is 0 Å². The molecule has 0 radical (unpaired) electrons. The Labute approximate surface area is 118 Å². The van der Waals surface area contributed by atoms with E-state index in [2.05, 4.69) is 10.3 Å². The van der Waals surface area contributed by atoms with Crippen LogP contribution in [0.1, 0.15) is 15.2 Å². The van der Waals surface area contributed by atoms with E-state index >= 15 is 0 Å². The Bertz CT molecular complexity index is 585. The molecule has 0 aromatic carbocycles. The zero-order valence-corrected chi connectivity index (χ0v) is 11.4. The second kappa shape index (κ2) is 5.56. The number of anilines is 1. The first kappa shape index (κ1) is 13.1. The van der Waals surface area contributed by atoms with Gasteiger partial charge in [0.25, 0.3) is 0 Å². The highest BCUT2D eigenvalue weighted by molar-refractivity contribution is 7.16. The number of rotatable bonds is 4. The molecule has 0 aliphatic heterocycles. The van der Waals surface area contributed by atoms with Crippen LogP contribution in [-0.2, 0) is 6.54 Å². The summed E-state index contributed by atoms with van der Waals surface area (Å²) in [6.07, 6.45) is 1.39. The number of carbonyl (C=O) groups excluding carboxylic acids is 1. The molecule has 0 aliphatic rings. The van der Waals surface area contributed by atoms with Gasteiger partial charge in [0.2, 0.25) is 5.91 Å². The number of carbonyl (C=O) groups is 1. The molecule has 0 unspecified atom stereocenters. The molecule has 4 nitrogen and oxygen atoms in total. The summed E-state index contributed by atoms with van der Waals surface area (Å²) >= 11 is 13.3. The third-order valence-electron chi connectivity index (χ3n) is 2.18. The normalized spacial score (nSPS) is 10.3. The van der Waals surface area contributed by atoms with Gasteiger partial charge in [-0.1, -0.05) is 23.2 Å².